The van der Waals surface area contributed by atoms with E-state index < -0.39 is 6.10 Å². The van der Waals surface area contributed by atoms with E-state index in [1.807, 2.05) is 55.5 Å². The third kappa shape index (κ3) is 5.25. The summed E-state index contributed by atoms with van der Waals surface area (Å²) in [5.41, 5.74) is 3.64. The number of aryl methyl sites for hydroxylation is 1. The van der Waals surface area contributed by atoms with Crippen molar-refractivity contribution in [1.82, 2.24) is 0 Å². The first-order chi connectivity index (χ1) is 13.0. The summed E-state index contributed by atoms with van der Waals surface area (Å²) in [6.45, 7) is 3.75. The number of amides is 1. The molecule has 0 aliphatic heterocycles. The fourth-order valence-electron chi connectivity index (χ4n) is 2.50. The summed E-state index contributed by atoms with van der Waals surface area (Å²) in [5, 5.41) is 6.87. The second kappa shape index (κ2) is 8.60. The Balaban J connectivity index is 1.68. The Hall–Kier alpha value is -2.98. The van der Waals surface area contributed by atoms with Gasteiger partial charge in [0.2, 0.25) is 0 Å². The Bertz CT molecular complexity index is 908. The molecule has 0 saturated carbocycles. The minimum absolute atomic E-state index is 0.233. The van der Waals surface area contributed by atoms with Crippen LogP contribution < -0.4 is 15.4 Å². The molecule has 1 unspecified atom stereocenters. The van der Waals surface area contributed by atoms with Crippen molar-refractivity contribution in [2.75, 3.05) is 10.6 Å². The number of para-hydroxylation sites is 2. The van der Waals surface area contributed by atoms with E-state index in [-0.39, 0.29) is 5.91 Å². The van der Waals surface area contributed by atoms with Crippen LogP contribution in [0.4, 0.5) is 17.1 Å². The minimum Gasteiger partial charge on any atom is -0.481 e. The maximum absolute atomic E-state index is 12.5. The molecule has 0 bridgehead atoms. The second-order valence-electron chi connectivity index (χ2n) is 6.24. The normalized spacial score (nSPS) is 11.5. The van der Waals surface area contributed by atoms with Crippen LogP contribution in [0.3, 0.4) is 0 Å². The first kappa shape index (κ1) is 18.8. The molecular formula is C22H21ClN2O2. The lowest BCUT2D eigenvalue weighted by atomic mass is 10.2. The van der Waals surface area contributed by atoms with Crippen LogP contribution in [0.2, 0.25) is 5.02 Å². The van der Waals surface area contributed by atoms with Gasteiger partial charge in [-0.2, -0.15) is 0 Å². The van der Waals surface area contributed by atoms with Crippen molar-refractivity contribution in [3.8, 4) is 5.75 Å². The zero-order valence-corrected chi connectivity index (χ0v) is 16.0. The number of ether oxygens (including phenoxy) is 1. The summed E-state index contributed by atoms with van der Waals surface area (Å²) in [6.07, 6.45) is -0.654. The second-order valence-corrected chi connectivity index (χ2v) is 6.68. The summed E-state index contributed by atoms with van der Waals surface area (Å²) in [7, 11) is 0. The number of anilines is 3. The molecule has 0 aliphatic carbocycles. The molecular weight excluding hydrogens is 360 g/mol. The van der Waals surface area contributed by atoms with Crippen LogP contribution in [-0.2, 0) is 4.79 Å². The Kier molecular flexibility index (Phi) is 5.99. The molecule has 2 N–H and O–H groups in total. The Morgan fingerprint density at radius 2 is 1.56 bits per heavy atom. The van der Waals surface area contributed by atoms with E-state index in [0.717, 1.165) is 11.4 Å². The van der Waals surface area contributed by atoms with E-state index >= 15 is 0 Å². The fraction of sp³-hybridized carbons (Fsp3) is 0.136. The van der Waals surface area contributed by atoms with E-state index in [1.54, 1.807) is 31.2 Å². The van der Waals surface area contributed by atoms with Crippen LogP contribution in [0.15, 0.2) is 72.8 Å². The molecule has 3 aromatic rings. The van der Waals surface area contributed by atoms with Crippen molar-refractivity contribution in [1.29, 1.82) is 0 Å². The molecule has 0 aromatic heterocycles. The lowest BCUT2D eigenvalue weighted by Gasteiger charge is -2.17. The van der Waals surface area contributed by atoms with Crippen molar-refractivity contribution < 1.29 is 9.53 Å². The van der Waals surface area contributed by atoms with Crippen molar-refractivity contribution in [3.05, 3.63) is 83.4 Å². The highest BCUT2D eigenvalue weighted by molar-refractivity contribution is 6.30. The van der Waals surface area contributed by atoms with Gasteiger partial charge in [-0.25, -0.2) is 0 Å². The molecule has 3 rings (SSSR count). The van der Waals surface area contributed by atoms with Crippen LogP contribution in [0, 0.1) is 6.92 Å². The van der Waals surface area contributed by atoms with Crippen molar-refractivity contribution in [2.24, 2.45) is 0 Å². The van der Waals surface area contributed by atoms with E-state index in [9.17, 15) is 4.79 Å². The summed E-state index contributed by atoms with van der Waals surface area (Å²) in [4.78, 5) is 12.5. The van der Waals surface area contributed by atoms with Crippen molar-refractivity contribution in [3.63, 3.8) is 0 Å². The highest BCUT2D eigenvalue weighted by atomic mass is 35.5. The Morgan fingerprint density at radius 1 is 0.926 bits per heavy atom. The lowest BCUT2D eigenvalue weighted by Crippen LogP contribution is -2.30. The maximum Gasteiger partial charge on any atom is 0.265 e. The summed E-state index contributed by atoms with van der Waals surface area (Å²) >= 11 is 5.87. The van der Waals surface area contributed by atoms with Gasteiger partial charge in [0.05, 0.1) is 11.4 Å². The van der Waals surface area contributed by atoms with E-state index in [0.29, 0.717) is 16.5 Å². The Labute approximate surface area is 164 Å². The van der Waals surface area contributed by atoms with Gasteiger partial charge in [0.15, 0.2) is 6.10 Å². The smallest absolute Gasteiger partial charge is 0.265 e. The topological polar surface area (TPSA) is 50.4 Å². The van der Waals surface area contributed by atoms with Crippen molar-refractivity contribution in [2.45, 2.75) is 20.0 Å². The molecule has 27 heavy (non-hydrogen) atoms. The molecule has 0 radical (unpaired) electrons. The van der Waals surface area contributed by atoms with Gasteiger partial charge < -0.3 is 15.4 Å². The number of benzene rings is 3. The first-order valence-corrected chi connectivity index (χ1v) is 9.05. The fourth-order valence-corrected chi connectivity index (χ4v) is 2.62. The number of hydrogen-bond donors (Lipinski definition) is 2. The zero-order valence-electron chi connectivity index (χ0n) is 15.2. The molecule has 138 valence electrons. The van der Waals surface area contributed by atoms with Crippen LogP contribution in [-0.4, -0.2) is 12.0 Å². The zero-order chi connectivity index (χ0) is 19.2. The summed E-state index contributed by atoms with van der Waals surface area (Å²) in [5.74, 6) is 0.358. The number of hydrogen-bond acceptors (Lipinski definition) is 3. The quantitative estimate of drug-likeness (QED) is 0.568. The molecule has 0 saturated heterocycles. The molecule has 3 aromatic carbocycles. The standard InChI is InChI=1S/C22H21ClN2O2/c1-15-7-11-18(12-8-15)24-20-5-3-4-6-21(20)25-22(26)16(2)27-19-13-9-17(23)10-14-19/h3-14,16,24H,1-2H3,(H,25,26). The molecule has 0 fully saturated rings. The average Bonchev–Trinajstić information content (AvgIpc) is 2.67. The predicted molar refractivity (Wildman–Crippen MR) is 111 cm³/mol. The number of rotatable bonds is 6. The van der Waals surface area contributed by atoms with Crippen LogP contribution in [0.1, 0.15) is 12.5 Å². The van der Waals surface area contributed by atoms with Gasteiger partial charge in [0.1, 0.15) is 5.75 Å². The van der Waals surface area contributed by atoms with Crippen molar-refractivity contribution >= 4 is 34.6 Å². The molecule has 4 nitrogen and oxygen atoms in total. The molecule has 1 amide bonds. The molecule has 0 aliphatic rings. The van der Waals surface area contributed by atoms with E-state index in [4.69, 9.17) is 16.3 Å². The average molecular weight is 381 g/mol. The largest absolute Gasteiger partial charge is 0.481 e. The number of carbonyl (C=O) groups excluding carboxylic acids is 1. The monoisotopic (exact) mass is 380 g/mol. The number of nitrogens with one attached hydrogen (secondary N) is 2. The third-order valence-corrected chi connectivity index (χ3v) is 4.26. The molecule has 0 heterocycles. The van der Waals surface area contributed by atoms with E-state index in [1.165, 1.54) is 5.56 Å². The summed E-state index contributed by atoms with van der Waals surface area (Å²) in [6, 6.07) is 22.5. The maximum atomic E-state index is 12.5. The van der Waals surface area contributed by atoms with Gasteiger partial charge >= 0.3 is 0 Å². The number of halogens is 1. The highest BCUT2D eigenvalue weighted by Gasteiger charge is 2.16. The van der Waals surface area contributed by atoms with E-state index in [2.05, 4.69) is 10.6 Å². The molecule has 1 atom stereocenters. The first-order valence-electron chi connectivity index (χ1n) is 8.67. The summed E-state index contributed by atoms with van der Waals surface area (Å²) < 4.78 is 5.68. The van der Waals surface area contributed by atoms with Gasteiger partial charge in [-0.15, -0.1) is 0 Å². The Morgan fingerprint density at radius 3 is 2.22 bits per heavy atom. The predicted octanol–water partition coefficient (Wildman–Crippen LogP) is 5.80. The van der Waals surface area contributed by atoms with Gasteiger partial charge in [-0.1, -0.05) is 41.4 Å². The SMILES string of the molecule is Cc1ccc(Nc2ccccc2NC(=O)C(C)Oc2ccc(Cl)cc2)cc1. The lowest BCUT2D eigenvalue weighted by molar-refractivity contribution is -0.122. The van der Waals surface area contributed by atoms with Gasteiger partial charge in [0, 0.05) is 10.7 Å². The van der Waals surface area contributed by atoms with Gasteiger partial charge in [0.25, 0.3) is 5.91 Å². The third-order valence-electron chi connectivity index (χ3n) is 4.01. The van der Waals surface area contributed by atoms with Crippen LogP contribution in [0.25, 0.3) is 0 Å². The molecule has 5 heteroatoms. The minimum atomic E-state index is -0.654. The highest BCUT2D eigenvalue weighted by Crippen LogP contribution is 2.26. The molecule has 0 spiro atoms. The number of carbonyl (C=O) groups is 1. The van der Waals surface area contributed by atoms with Crippen LogP contribution in [0.5, 0.6) is 5.75 Å². The van der Waals surface area contributed by atoms with Crippen LogP contribution >= 0.6 is 11.6 Å². The van der Waals surface area contributed by atoms with Gasteiger partial charge in [-0.05, 0) is 62.4 Å². The van der Waals surface area contributed by atoms with Gasteiger partial charge in [-0.3, -0.25) is 4.79 Å².